The lowest BCUT2D eigenvalue weighted by atomic mass is 10.0. The van der Waals surface area contributed by atoms with Crippen LogP contribution in [0, 0.1) is 0 Å². The number of nitrogens with one attached hydrogen (secondary N) is 1. The summed E-state index contributed by atoms with van der Waals surface area (Å²) >= 11 is 0. The summed E-state index contributed by atoms with van der Waals surface area (Å²) in [6, 6.07) is 22.3. The Bertz CT molecular complexity index is 1180. The van der Waals surface area contributed by atoms with Crippen molar-refractivity contribution in [3.8, 4) is 5.82 Å². The Morgan fingerprint density at radius 3 is 2.29 bits per heavy atom. The van der Waals surface area contributed by atoms with Crippen LogP contribution in [0.2, 0.25) is 0 Å². The molecule has 0 aliphatic carbocycles. The van der Waals surface area contributed by atoms with Gasteiger partial charge in [0.2, 0.25) is 0 Å². The Morgan fingerprint density at radius 1 is 0.871 bits per heavy atom. The molecule has 2 N–H and O–H groups in total. The average molecular weight is 411 g/mol. The average Bonchev–Trinajstić information content (AvgIpc) is 3.33. The summed E-state index contributed by atoms with van der Waals surface area (Å²) in [5.41, 5.74) is 2.82. The molecule has 0 saturated carbocycles. The molecular weight excluding hydrogens is 390 g/mol. The minimum atomic E-state index is -1.09. The fourth-order valence-electron chi connectivity index (χ4n) is 3.33. The van der Waals surface area contributed by atoms with Gasteiger partial charge in [-0.2, -0.15) is 0 Å². The second-order valence-corrected chi connectivity index (χ2v) is 7.12. The summed E-state index contributed by atoms with van der Waals surface area (Å²) in [4.78, 5) is 28.7. The van der Waals surface area contributed by atoms with Crippen LogP contribution in [0.4, 0.5) is 5.69 Å². The van der Waals surface area contributed by atoms with Crippen LogP contribution in [-0.2, 0) is 12.8 Å². The van der Waals surface area contributed by atoms with E-state index < -0.39 is 11.9 Å². The summed E-state index contributed by atoms with van der Waals surface area (Å²) in [6.45, 7) is 0. The van der Waals surface area contributed by atoms with Crippen molar-refractivity contribution in [3.05, 3.63) is 114 Å². The highest BCUT2D eigenvalue weighted by Gasteiger charge is 2.15. The first-order chi connectivity index (χ1) is 15.1. The molecule has 0 aliphatic heterocycles. The lowest BCUT2D eigenvalue weighted by Gasteiger charge is -2.11. The van der Waals surface area contributed by atoms with Crippen molar-refractivity contribution in [2.45, 2.75) is 12.8 Å². The van der Waals surface area contributed by atoms with Gasteiger partial charge in [-0.15, -0.1) is 0 Å². The van der Waals surface area contributed by atoms with Crippen molar-refractivity contribution in [1.29, 1.82) is 0 Å². The van der Waals surface area contributed by atoms with Crippen molar-refractivity contribution in [3.63, 3.8) is 0 Å². The molecule has 0 atom stereocenters. The summed E-state index contributed by atoms with van der Waals surface area (Å²) in [5.74, 6) is -0.809. The molecule has 0 spiro atoms. The van der Waals surface area contributed by atoms with Crippen LogP contribution >= 0.6 is 0 Å². The normalized spacial score (nSPS) is 10.6. The second kappa shape index (κ2) is 9.09. The molecule has 6 nitrogen and oxygen atoms in total. The molecule has 0 saturated heterocycles. The molecule has 0 radical (unpaired) electrons. The van der Waals surface area contributed by atoms with Crippen molar-refractivity contribution in [2.24, 2.45) is 0 Å². The molecule has 154 valence electrons. The van der Waals surface area contributed by atoms with Crippen LogP contribution in [0.25, 0.3) is 5.82 Å². The van der Waals surface area contributed by atoms with E-state index in [-0.39, 0.29) is 11.3 Å². The standard InChI is InChI=1S/C25H21N3O3/c29-24(20-11-13-23(26-17-20)28-14-4-5-15-28)27-22-16-19(10-12-21(22)25(30)31)9-8-18-6-2-1-3-7-18/h1-7,10-17H,8-9H2,(H,27,29)(H,30,31). The maximum absolute atomic E-state index is 12.7. The maximum Gasteiger partial charge on any atom is 0.337 e. The fraction of sp³-hybridized carbons (Fsp3) is 0.0800. The highest BCUT2D eigenvalue weighted by atomic mass is 16.4. The zero-order valence-corrected chi connectivity index (χ0v) is 16.7. The summed E-state index contributed by atoms with van der Waals surface area (Å²) in [7, 11) is 0. The van der Waals surface area contributed by atoms with Crippen molar-refractivity contribution in [2.75, 3.05) is 5.32 Å². The van der Waals surface area contributed by atoms with E-state index in [1.165, 1.54) is 17.8 Å². The molecule has 0 unspecified atom stereocenters. The number of nitrogens with zero attached hydrogens (tertiary/aromatic N) is 2. The van der Waals surface area contributed by atoms with E-state index in [4.69, 9.17) is 0 Å². The fourth-order valence-corrected chi connectivity index (χ4v) is 3.33. The van der Waals surface area contributed by atoms with Crippen LogP contribution in [0.1, 0.15) is 31.8 Å². The molecule has 2 aromatic carbocycles. The van der Waals surface area contributed by atoms with Gasteiger partial charge in [0.25, 0.3) is 5.91 Å². The van der Waals surface area contributed by atoms with E-state index in [1.807, 2.05) is 47.3 Å². The highest BCUT2D eigenvalue weighted by molar-refractivity contribution is 6.07. The third-order valence-electron chi connectivity index (χ3n) is 4.99. The Balaban J connectivity index is 1.51. The highest BCUT2D eigenvalue weighted by Crippen LogP contribution is 2.21. The smallest absolute Gasteiger partial charge is 0.337 e. The Kier molecular flexibility index (Phi) is 5.89. The minimum absolute atomic E-state index is 0.0498. The molecular formula is C25H21N3O3. The van der Waals surface area contributed by atoms with E-state index in [0.29, 0.717) is 11.4 Å². The van der Waals surface area contributed by atoms with E-state index in [2.05, 4.69) is 22.4 Å². The molecule has 6 heteroatoms. The zero-order valence-electron chi connectivity index (χ0n) is 16.7. The zero-order chi connectivity index (χ0) is 21.6. The second-order valence-electron chi connectivity index (χ2n) is 7.12. The van der Waals surface area contributed by atoms with Crippen molar-refractivity contribution in [1.82, 2.24) is 9.55 Å². The van der Waals surface area contributed by atoms with Gasteiger partial charge < -0.3 is 15.0 Å². The lowest BCUT2D eigenvalue weighted by molar-refractivity contribution is 0.0698. The number of aromatic nitrogens is 2. The third kappa shape index (κ3) is 4.87. The van der Waals surface area contributed by atoms with Crippen molar-refractivity contribution < 1.29 is 14.7 Å². The lowest BCUT2D eigenvalue weighted by Crippen LogP contribution is -2.15. The predicted molar refractivity (Wildman–Crippen MR) is 119 cm³/mol. The first-order valence-corrected chi connectivity index (χ1v) is 9.91. The summed E-state index contributed by atoms with van der Waals surface area (Å²) < 4.78 is 1.83. The first-order valence-electron chi connectivity index (χ1n) is 9.91. The van der Waals surface area contributed by atoms with Gasteiger partial charge in [0.1, 0.15) is 5.82 Å². The number of hydrogen-bond donors (Lipinski definition) is 2. The monoisotopic (exact) mass is 411 g/mol. The van der Waals surface area contributed by atoms with Gasteiger partial charge in [-0.1, -0.05) is 36.4 Å². The van der Waals surface area contributed by atoms with Crippen LogP contribution in [0.5, 0.6) is 0 Å². The number of carbonyl (C=O) groups is 2. The molecule has 2 aromatic heterocycles. The Labute approximate surface area is 179 Å². The number of benzene rings is 2. The number of aromatic carboxylic acids is 1. The number of anilines is 1. The van der Waals surface area contributed by atoms with E-state index in [1.54, 1.807) is 24.3 Å². The maximum atomic E-state index is 12.7. The van der Waals surface area contributed by atoms with Crippen molar-refractivity contribution >= 4 is 17.6 Å². The number of hydrogen-bond acceptors (Lipinski definition) is 3. The Morgan fingerprint density at radius 2 is 1.61 bits per heavy atom. The van der Waals surface area contributed by atoms with Gasteiger partial charge >= 0.3 is 5.97 Å². The summed E-state index contributed by atoms with van der Waals surface area (Å²) in [5, 5.41) is 12.3. The summed E-state index contributed by atoms with van der Waals surface area (Å²) in [6.07, 6.45) is 6.76. The van der Waals surface area contributed by atoms with Crippen LogP contribution < -0.4 is 5.32 Å². The van der Waals surface area contributed by atoms with Crippen LogP contribution in [-0.4, -0.2) is 26.5 Å². The predicted octanol–water partition coefficient (Wildman–Crippen LogP) is 4.61. The van der Waals surface area contributed by atoms with E-state index >= 15 is 0 Å². The SMILES string of the molecule is O=C(Nc1cc(CCc2ccccc2)ccc1C(=O)O)c1ccc(-n2cccc2)nc1. The number of pyridine rings is 1. The largest absolute Gasteiger partial charge is 0.478 e. The van der Waals surface area contributed by atoms with E-state index in [9.17, 15) is 14.7 Å². The van der Waals surface area contributed by atoms with Gasteiger partial charge in [0, 0.05) is 18.6 Å². The molecule has 31 heavy (non-hydrogen) atoms. The van der Waals surface area contributed by atoms with E-state index in [0.717, 1.165) is 18.4 Å². The molecule has 4 rings (SSSR count). The molecule has 2 heterocycles. The number of aryl methyl sites for hydroxylation is 2. The number of carboxylic acids is 1. The number of carbonyl (C=O) groups excluding carboxylic acids is 1. The molecule has 0 fully saturated rings. The van der Waals surface area contributed by atoms with Gasteiger partial charge in [0.15, 0.2) is 0 Å². The van der Waals surface area contributed by atoms with Gasteiger partial charge in [-0.05, 0) is 60.4 Å². The minimum Gasteiger partial charge on any atom is -0.478 e. The number of amides is 1. The quantitative estimate of drug-likeness (QED) is 0.465. The first kappa shape index (κ1) is 20.1. The molecule has 1 amide bonds. The Hall–Kier alpha value is -4.19. The van der Waals surface area contributed by atoms with Gasteiger partial charge in [-0.3, -0.25) is 4.79 Å². The molecule has 0 bridgehead atoms. The molecule has 0 aliphatic rings. The van der Waals surface area contributed by atoms with Crippen LogP contribution in [0.3, 0.4) is 0 Å². The molecule has 4 aromatic rings. The van der Waals surface area contributed by atoms with Gasteiger partial charge in [-0.25, -0.2) is 9.78 Å². The van der Waals surface area contributed by atoms with Crippen LogP contribution in [0.15, 0.2) is 91.4 Å². The number of rotatable bonds is 7. The number of carboxylic acid groups (broad SMARTS) is 1. The van der Waals surface area contributed by atoms with Gasteiger partial charge in [0.05, 0.1) is 16.8 Å². The third-order valence-corrected chi connectivity index (χ3v) is 4.99. The topological polar surface area (TPSA) is 84.2 Å².